The third-order valence-corrected chi connectivity index (χ3v) is 3.76. The van der Waals surface area contributed by atoms with E-state index < -0.39 is 0 Å². The van der Waals surface area contributed by atoms with E-state index in [-0.39, 0.29) is 0 Å². The van der Waals surface area contributed by atoms with Crippen molar-refractivity contribution in [2.75, 3.05) is 13.2 Å². The van der Waals surface area contributed by atoms with Gasteiger partial charge in [0, 0.05) is 16.7 Å². The molecule has 24 heavy (non-hydrogen) atoms. The summed E-state index contributed by atoms with van der Waals surface area (Å²) >= 11 is 5.98. The van der Waals surface area contributed by atoms with Gasteiger partial charge in [0.05, 0.1) is 0 Å². The summed E-state index contributed by atoms with van der Waals surface area (Å²) in [5.41, 5.74) is 1.52. The molecule has 122 valence electrons. The van der Waals surface area contributed by atoms with Gasteiger partial charge in [0.25, 0.3) is 0 Å². The quantitative estimate of drug-likeness (QED) is 0.705. The van der Waals surface area contributed by atoms with E-state index in [2.05, 4.69) is 4.98 Å². The zero-order chi connectivity index (χ0) is 16.4. The molecule has 6 heteroatoms. The van der Waals surface area contributed by atoms with Crippen LogP contribution < -0.4 is 14.2 Å². The first-order chi connectivity index (χ1) is 11.8. The van der Waals surface area contributed by atoms with Crippen molar-refractivity contribution in [2.45, 2.75) is 6.61 Å². The van der Waals surface area contributed by atoms with Crippen molar-refractivity contribution in [2.24, 2.45) is 0 Å². The van der Waals surface area contributed by atoms with Gasteiger partial charge in [0.2, 0.25) is 5.89 Å². The van der Waals surface area contributed by atoms with Crippen LogP contribution in [0.4, 0.5) is 0 Å². The second kappa shape index (κ2) is 6.45. The van der Waals surface area contributed by atoms with Crippen molar-refractivity contribution in [3.8, 4) is 28.7 Å². The van der Waals surface area contributed by atoms with Crippen molar-refractivity contribution < 1.29 is 18.6 Å². The van der Waals surface area contributed by atoms with E-state index in [0.29, 0.717) is 47.9 Å². The van der Waals surface area contributed by atoms with Crippen LogP contribution in [0.5, 0.6) is 17.2 Å². The lowest BCUT2D eigenvalue weighted by Crippen LogP contribution is -2.15. The molecular weight excluding hydrogens is 330 g/mol. The van der Waals surface area contributed by atoms with Crippen LogP contribution in [0.3, 0.4) is 0 Å². The van der Waals surface area contributed by atoms with Crippen molar-refractivity contribution in [3.05, 3.63) is 59.4 Å². The molecule has 1 aliphatic heterocycles. The fourth-order valence-corrected chi connectivity index (χ4v) is 2.59. The molecule has 1 aromatic heterocycles. The maximum Gasteiger partial charge on any atom is 0.226 e. The number of fused-ring (bicyclic) bond motifs is 1. The minimum atomic E-state index is 0.295. The van der Waals surface area contributed by atoms with Gasteiger partial charge in [-0.2, -0.15) is 0 Å². The van der Waals surface area contributed by atoms with Gasteiger partial charge < -0.3 is 18.6 Å². The van der Waals surface area contributed by atoms with Gasteiger partial charge in [-0.05, 0) is 30.3 Å². The van der Waals surface area contributed by atoms with Gasteiger partial charge in [-0.25, -0.2) is 4.98 Å². The number of hydrogen-bond donors (Lipinski definition) is 0. The average molecular weight is 344 g/mol. The smallest absolute Gasteiger partial charge is 0.226 e. The molecule has 0 bridgehead atoms. The minimum absolute atomic E-state index is 0.295. The second-order valence-corrected chi connectivity index (χ2v) is 5.68. The van der Waals surface area contributed by atoms with Crippen LogP contribution in [0.1, 0.15) is 5.69 Å². The largest absolute Gasteiger partial charge is 0.487 e. The summed E-state index contributed by atoms with van der Waals surface area (Å²) in [5, 5.41) is 0.639. The Morgan fingerprint density at radius 2 is 1.92 bits per heavy atom. The number of benzene rings is 2. The predicted octanol–water partition coefficient (Wildman–Crippen LogP) is 4.35. The fourth-order valence-electron chi connectivity index (χ4n) is 2.40. The highest BCUT2D eigenvalue weighted by Crippen LogP contribution is 2.33. The van der Waals surface area contributed by atoms with Crippen LogP contribution in [-0.2, 0) is 6.61 Å². The standard InChI is InChI=1S/C18H14ClNO4/c19-13-3-1-2-12(8-13)18-20-14(11-24-18)10-23-15-4-5-16-17(9-15)22-7-6-21-16/h1-5,8-9,11H,6-7,10H2. The molecule has 2 heterocycles. The van der Waals surface area contributed by atoms with Crippen LogP contribution in [0.15, 0.2) is 53.1 Å². The topological polar surface area (TPSA) is 53.7 Å². The molecule has 0 unspecified atom stereocenters. The monoisotopic (exact) mass is 343 g/mol. The third-order valence-electron chi connectivity index (χ3n) is 3.52. The maximum absolute atomic E-state index is 5.98. The first kappa shape index (κ1) is 14.9. The fraction of sp³-hybridized carbons (Fsp3) is 0.167. The van der Waals surface area contributed by atoms with Crippen LogP contribution >= 0.6 is 11.6 Å². The van der Waals surface area contributed by atoms with Crippen molar-refractivity contribution in [1.29, 1.82) is 0 Å². The Bertz CT molecular complexity index is 862. The highest BCUT2D eigenvalue weighted by molar-refractivity contribution is 6.30. The number of aromatic nitrogens is 1. The van der Waals surface area contributed by atoms with Crippen molar-refractivity contribution >= 4 is 11.6 Å². The molecule has 2 aromatic carbocycles. The highest BCUT2D eigenvalue weighted by atomic mass is 35.5. The van der Waals surface area contributed by atoms with E-state index in [9.17, 15) is 0 Å². The first-order valence-corrected chi connectivity index (χ1v) is 7.88. The van der Waals surface area contributed by atoms with E-state index in [0.717, 1.165) is 11.3 Å². The molecular formula is C18H14ClNO4. The molecule has 0 atom stereocenters. The van der Waals surface area contributed by atoms with Gasteiger partial charge in [0.15, 0.2) is 11.5 Å². The molecule has 0 aliphatic carbocycles. The Labute approximate surface area is 143 Å². The highest BCUT2D eigenvalue weighted by Gasteiger charge is 2.13. The summed E-state index contributed by atoms with van der Waals surface area (Å²) in [6.07, 6.45) is 1.58. The summed E-state index contributed by atoms with van der Waals surface area (Å²) in [7, 11) is 0. The molecule has 0 radical (unpaired) electrons. The number of nitrogens with zero attached hydrogens (tertiary/aromatic N) is 1. The van der Waals surface area contributed by atoms with Gasteiger partial charge in [-0.3, -0.25) is 0 Å². The molecule has 3 aromatic rings. The third kappa shape index (κ3) is 3.16. The molecule has 0 N–H and O–H groups in total. The number of halogens is 1. The van der Waals surface area contributed by atoms with Gasteiger partial charge >= 0.3 is 0 Å². The molecule has 4 rings (SSSR count). The van der Waals surface area contributed by atoms with Crippen molar-refractivity contribution in [3.63, 3.8) is 0 Å². The average Bonchev–Trinajstić information content (AvgIpc) is 3.09. The van der Waals surface area contributed by atoms with E-state index in [1.165, 1.54) is 0 Å². The van der Waals surface area contributed by atoms with E-state index in [1.807, 2.05) is 30.3 Å². The minimum Gasteiger partial charge on any atom is -0.487 e. The Hall–Kier alpha value is -2.66. The van der Waals surface area contributed by atoms with E-state index in [4.69, 9.17) is 30.2 Å². The van der Waals surface area contributed by atoms with E-state index >= 15 is 0 Å². The van der Waals surface area contributed by atoms with Crippen molar-refractivity contribution in [1.82, 2.24) is 4.98 Å². The lowest BCUT2D eigenvalue weighted by atomic mass is 10.2. The number of hydrogen-bond acceptors (Lipinski definition) is 5. The molecule has 0 amide bonds. The van der Waals surface area contributed by atoms with Crippen LogP contribution in [0.2, 0.25) is 5.02 Å². The Morgan fingerprint density at radius 3 is 2.79 bits per heavy atom. The molecule has 0 fully saturated rings. The summed E-state index contributed by atoms with van der Waals surface area (Å²) in [6.45, 7) is 1.41. The number of rotatable bonds is 4. The predicted molar refractivity (Wildman–Crippen MR) is 88.7 cm³/mol. The SMILES string of the molecule is Clc1cccc(-c2nc(COc3ccc4c(c3)OCCO4)co2)c1. The molecule has 1 aliphatic rings. The normalized spacial score (nSPS) is 12.9. The van der Waals surface area contributed by atoms with Crippen LogP contribution in [0, 0.1) is 0 Å². The van der Waals surface area contributed by atoms with Gasteiger partial charge in [-0.1, -0.05) is 17.7 Å². The zero-order valence-electron chi connectivity index (χ0n) is 12.7. The summed E-state index contributed by atoms with van der Waals surface area (Å²) in [5.74, 6) is 2.63. The van der Waals surface area contributed by atoms with Gasteiger partial charge in [0.1, 0.15) is 37.5 Å². The van der Waals surface area contributed by atoms with Crippen LogP contribution in [0.25, 0.3) is 11.5 Å². The Morgan fingerprint density at radius 1 is 1.04 bits per heavy atom. The van der Waals surface area contributed by atoms with Crippen LogP contribution in [-0.4, -0.2) is 18.2 Å². The Balaban J connectivity index is 1.45. The summed E-state index contributed by atoms with van der Waals surface area (Å²) in [6, 6.07) is 12.8. The molecule has 0 saturated carbocycles. The maximum atomic E-state index is 5.98. The second-order valence-electron chi connectivity index (χ2n) is 5.25. The summed E-state index contributed by atoms with van der Waals surface area (Å²) in [4.78, 5) is 4.42. The Kier molecular flexibility index (Phi) is 4.01. The number of oxazole rings is 1. The molecule has 5 nitrogen and oxygen atoms in total. The lowest BCUT2D eigenvalue weighted by Gasteiger charge is -2.18. The lowest BCUT2D eigenvalue weighted by molar-refractivity contribution is 0.170. The zero-order valence-corrected chi connectivity index (χ0v) is 13.5. The molecule has 0 saturated heterocycles. The first-order valence-electron chi connectivity index (χ1n) is 7.51. The summed E-state index contributed by atoms with van der Waals surface area (Å²) < 4.78 is 22.3. The van der Waals surface area contributed by atoms with Gasteiger partial charge in [-0.15, -0.1) is 0 Å². The number of ether oxygens (including phenoxy) is 3. The molecule has 0 spiro atoms. The van der Waals surface area contributed by atoms with E-state index in [1.54, 1.807) is 18.4 Å².